The summed E-state index contributed by atoms with van der Waals surface area (Å²) < 4.78 is 5.62. The van der Waals surface area contributed by atoms with Gasteiger partial charge in [-0.3, -0.25) is 0 Å². The summed E-state index contributed by atoms with van der Waals surface area (Å²) in [6.07, 6.45) is 1.06. The number of rotatable bonds is 6. The number of ether oxygens (including phenoxy) is 1. The maximum atomic E-state index is 6.05. The molecule has 2 aromatic rings. The van der Waals surface area contributed by atoms with Gasteiger partial charge in [-0.2, -0.15) is 0 Å². The fourth-order valence-corrected chi connectivity index (χ4v) is 3.15. The van der Waals surface area contributed by atoms with Crippen LogP contribution in [0.1, 0.15) is 19.0 Å². The highest BCUT2D eigenvalue weighted by atomic mass is 35.5. The third-order valence-corrected chi connectivity index (χ3v) is 4.03. The molecule has 1 aromatic carbocycles. The van der Waals surface area contributed by atoms with Crippen molar-refractivity contribution in [3.05, 3.63) is 38.3 Å². The van der Waals surface area contributed by atoms with Gasteiger partial charge in [-0.05, 0) is 18.6 Å². The SMILES string of the molecule is CCCNc1nc(COc2c(Cl)cc(Cl)cc2Cl)cs1. The standard InChI is InChI=1S/C13H13Cl3N2OS/c1-2-3-17-13-18-9(7-20-13)6-19-12-10(15)4-8(14)5-11(12)16/h4-5,7H,2-3,6H2,1H3,(H,17,18). The molecule has 0 unspecified atom stereocenters. The lowest BCUT2D eigenvalue weighted by atomic mass is 10.3. The van der Waals surface area contributed by atoms with Crippen LogP contribution in [0.3, 0.4) is 0 Å². The zero-order valence-corrected chi connectivity index (χ0v) is 13.8. The highest BCUT2D eigenvalue weighted by Crippen LogP contribution is 2.36. The summed E-state index contributed by atoms with van der Waals surface area (Å²) >= 11 is 19.5. The van der Waals surface area contributed by atoms with Gasteiger partial charge in [-0.25, -0.2) is 4.98 Å². The van der Waals surface area contributed by atoms with Crippen LogP contribution < -0.4 is 10.1 Å². The Balaban J connectivity index is 2.00. The Morgan fingerprint density at radius 1 is 1.25 bits per heavy atom. The molecule has 0 bridgehead atoms. The first-order valence-corrected chi connectivity index (χ1v) is 8.07. The minimum absolute atomic E-state index is 0.311. The quantitative estimate of drug-likeness (QED) is 0.745. The molecule has 0 aliphatic carbocycles. The minimum atomic E-state index is 0.311. The van der Waals surface area contributed by atoms with Crippen molar-refractivity contribution in [2.24, 2.45) is 0 Å². The summed E-state index contributed by atoms with van der Waals surface area (Å²) in [6, 6.07) is 3.19. The second kappa shape index (κ2) is 7.36. The molecule has 1 N–H and O–H groups in total. The maximum Gasteiger partial charge on any atom is 0.182 e. The molecule has 0 spiro atoms. The van der Waals surface area contributed by atoms with E-state index < -0.39 is 0 Å². The molecule has 0 aliphatic heterocycles. The van der Waals surface area contributed by atoms with Gasteiger partial charge in [-0.1, -0.05) is 41.7 Å². The van der Waals surface area contributed by atoms with Crippen LogP contribution in [0.2, 0.25) is 15.1 Å². The molecule has 0 saturated heterocycles. The van der Waals surface area contributed by atoms with Gasteiger partial charge >= 0.3 is 0 Å². The molecule has 108 valence electrons. The Kier molecular flexibility index (Phi) is 5.78. The van der Waals surface area contributed by atoms with E-state index in [9.17, 15) is 0 Å². The van der Waals surface area contributed by atoms with E-state index in [4.69, 9.17) is 39.5 Å². The summed E-state index contributed by atoms with van der Waals surface area (Å²) in [5.41, 5.74) is 0.829. The van der Waals surface area contributed by atoms with Crippen molar-refractivity contribution in [2.75, 3.05) is 11.9 Å². The number of hydrogen-bond acceptors (Lipinski definition) is 4. The molecule has 1 aromatic heterocycles. The average Bonchev–Trinajstić information content (AvgIpc) is 2.83. The molecule has 0 amide bonds. The van der Waals surface area contributed by atoms with Crippen LogP contribution in [0.15, 0.2) is 17.5 Å². The minimum Gasteiger partial charge on any atom is -0.484 e. The molecule has 0 atom stereocenters. The topological polar surface area (TPSA) is 34.2 Å². The molecular formula is C13H13Cl3N2OS. The van der Waals surface area contributed by atoms with Crippen molar-refractivity contribution in [1.82, 2.24) is 4.98 Å². The van der Waals surface area contributed by atoms with Gasteiger partial charge in [-0.15, -0.1) is 11.3 Å². The van der Waals surface area contributed by atoms with E-state index in [1.807, 2.05) is 5.38 Å². The van der Waals surface area contributed by atoms with Gasteiger partial charge in [0, 0.05) is 16.9 Å². The molecule has 2 rings (SSSR count). The first-order valence-electron chi connectivity index (χ1n) is 6.05. The Morgan fingerprint density at radius 2 is 1.95 bits per heavy atom. The number of anilines is 1. The van der Waals surface area contributed by atoms with Gasteiger partial charge in [0.05, 0.1) is 15.7 Å². The predicted molar refractivity (Wildman–Crippen MR) is 86.7 cm³/mol. The van der Waals surface area contributed by atoms with Crippen LogP contribution >= 0.6 is 46.1 Å². The van der Waals surface area contributed by atoms with E-state index in [1.54, 1.807) is 23.5 Å². The summed E-state index contributed by atoms with van der Waals surface area (Å²) in [6.45, 7) is 3.32. The lowest BCUT2D eigenvalue weighted by Gasteiger charge is -2.09. The van der Waals surface area contributed by atoms with Crippen LogP contribution in [0.4, 0.5) is 5.13 Å². The van der Waals surface area contributed by atoms with Crippen molar-refractivity contribution < 1.29 is 4.74 Å². The Morgan fingerprint density at radius 3 is 2.60 bits per heavy atom. The van der Waals surface area contributed by atoms with Crippen LogP contribution in [0, 0.1) is 0 Å². The van der Waals surface area contributed by atoms with Crippen molar-refractivity contribution in [3.8, 4) is 5.75 Å². The smallest absolute Gasteiger partial charge is 0.182 e. The van der Waals surface area contributed by atoms with E-state index in [0.717, 1.165) is 23.8 Å². The summed E-state index contributed by atoms with van der Waals surface area (Å²) in [7, 11) is 0. The van der Waals surface area contributed by atoms with E-state index in [2.05, 4.69) is 17.2 Å². The Bertz CT molecular complexity index is 566. The molecule has 3 nitrogen and oxygen atoms in total. The fraction of sp³-hybridized carbons (Fsp3) is 0.308. The van der Waals surface area contributed by atoms with Crippen LogP contribution in [0.25, 0.3) is 0 Å². The van der Waals surface area contributed by atoms with Gasteiger partial charge in [0.15, 0.2) is 10.9 Å². The molecule has 20 heavy (non-hydrogen) atoms. The van der Waals surface area contributed by atoms with E-state index in [0.29, 0.717) is 27.4 Å². The van der Waals surface area contributed by atoms with Gasteiger partial charge in [0.25, 0.3) is 0 Å². The lowest BCUT2D eigenvalue weighted by Crippen LogP contribution is -2.00. The predicted octanol–water partition coefficient (Wildman–Crippen LogP) is 5.50. The van der Waals surface area contributed by atoms with Crippen molar-refractivity contribution in [1.29, 1.82) is 0 Å². The van der Waals surface area contributed by atoms with Gasteiger partial charge in [0.1, 0.15) is 6.61 Å². The number of nitrogens with one attached hydrogen (secondary N) is 1. The normalized spacial score (nSPS) is 10.6. The molecule has 0 radical (unpaired) electrons. The molecular weight excluding hydrogens is 339 g/mol. The first-order chi connectivity index (χ1) is 9.60. The number of halogens is 3. The van der Waals surface area contributed by atoms with E-state index in [-0.39, 0.29) is 0 Å². The van der Waals surface area contributed by atoms with Crippen LogP contribution in [-0.4, -0.2) is 11.5 Å². The molecule has 7 heteroatoms. The molecule has 0 fully saturated rings. The monoisotopic (exact) mass is 350 g/mol. The lowest BCUT2D eigenvalue weighted by molar-refractivity contribution is 0.302. The highest BCUT2D eigenvalue weighted by molar-refractivity contribution is 7.13. The van der Waals surface area contributed by atoms with E-state index in [1.165, 1.54) is 0 Å². The third kappa shape index (κ3) is 4.16. The highest BCUT2D eigenvalue weighted by Gasteiger charge is 2.10. The summed E-state index contributed by atoms with van der Waals surface area (Å²) in [4.78, 5) is 4.41. The fourth-order valence-electron chi connectivity index (χ4n) is 1.50. The molecule has 0 aliphatic rings. The van der Waals surface area contributed by atoms with Crippen molar-refractivity contribution in [2.45, 2.75) is 20.0 Å². The largest absolute Gasteiger partial charge is 0.484 e. The zero-order valence-electron chi connectivity index (χ0n) is 10.8. The van der Waals surface area contributed by atoms with Gasteiger partial charge < -0.3 is 10.1 Å². The zero-order chi connectivity index (χ0) is 14.5. The van der Waals surface area contributed by atoms with Crippen LogP contribution in [-0.2, 0) is 6.61 Å². The number of aromatic nitrogens is 1. The Hall–Kier alpha value is -0.680. The number of benzene rings is 1. The van der Waals surface area contributed by atoms with Gasteiger partial charge in [0.2, 0.25) is 0 Å². The molecule has 1 heterocycles. The molecule has 0 saturated carbocycles. The average molecular weight is 352 g/mol. The van der Waals surface area contributed by atoms with E-state index >= 15 is 0 Å². The summed E-state index contributed by atoms with van der Waals surface area (Å²) in [5.74, 6) is 0.425. The third-order valence-electron chi connectivity index (χ3n) is 2.41. The second-order valence-electron chi connectivity index (χ2n) is 4.06. The first kappa shape index (κ1) is 15.7. The second-order valence-corrected chi connectivity index (χ2v) is 6.17. The van der Waals surface area contributed by atoms with Crippen molar-refractivity contribution >= 4 is 51.3 Å². The number of hydrogen-bond donors (Lipinski definition) is 1. The number of thiazole rings is 1. The number of nitrogens with zero attached hydrogens (tertiary/aromatic N) is 1. The Labute approximate surface area is 136 Å². The summed E-state index contributed by atoms with van der Waals surface area (Å²) in [5, 5.41) is 7.31. The van der Waals surface area contributed by atoms with Crippen LogP contribution in [0.5, 0.6) is 5.75 Å². The maximum absolute atomic E-state index is 6.05. The van der Waals surface area contributed by atoms with Crippen molar-refractivity contribution in [3.63, 3.8) is 0 Å².